The van der Waals surface area contributed by atoms with Crippen LogP contribution in [0.1, 0.15) is 12.0 Å². The van der Waals surface area contributed by atoms with Crippen molar-refractivity contribution in [3.63, 3.8) is 0 Å². The summed E-state index contributed by atoms with van der Waals surface area (Å²) >= 11 is 0. The molecule has 0 aliphatic rings. The molecule has 1 aromatic rings. The van der Waals surface area contributed by atoms with Gasteiger partial charge in [-0.15, -0.1) is 6.54 Å². The first kappa shape index (κ1) is 26.9. The zero-order valence-corrected chi connectivity index (χ0v) is 16.6. The van der Waals surface area contributed by atoms with Gasteiger partial charge in [0.1, 0.15) is 0 Å². The molecular formula is C16H28N3O6Pt+5. The van der Waals surface area contributed by atoms with Crippen molar-refractivity contribution in [2.75, 3.05) is 26.2 Å². The maximum absolute atomic E-state index is 9.60. The summed E-state index contributed by atoms with van der Waals surface area (Å²) in [6, 6.07) is 9.84. The van der Waals surface area contributed by atoms with Crippen LogP contribution in [0.2, 0.25) is 0 Å². The van der Waals surface area contributed by atoms with Crippen molar-refractivity contribution >= 4 is 11.9 Å². The van der Waals surface area contributed by atoms with Crippen molar-refractivity contribution in [3.8, 4) is 0 Å². The van der Waals surface area contributed by atoms with E-state index in [9.17, 15) is 19.8 Å². The standard InChI is InChI=1S/C13H22N3O2.C3H4O4.Pt/c14-6-12(17)9-16(10-13(18)7-15)8-11-4-2-1-3-5-11;4-2(5)1-3(6)7;/h1-5,12-14,17-18H,6-10,15H2;1H2,(H,4,5)(H,6,7);/q-1;;+4/p+2. The van der Waals surface area contributed by atoms with Crippen LogP contribution >= 0.6 is 0 Å². The quantitative estimate of drug-likeness (QED) is 0.225. The van der Waals surface area contributed by atoms with Gasteiger partial charge in [0.25, 0.3) is 6.42 Å². The molecule has 10 heteroatoms. The van der Waals surface area contributed by atoms with Gasteiger partial charge in [-0.1, -0.05) is 30.3 Å². The SMILES string of the molecule is O=C([OH2+])CC(=O)[OH2+].[NH-]CC(O)CN(Cc1ccccc1)CC(O)CN.[Pt+4]. The number of hydrogen-bond donors (Lipinski definition) is 3. The Kier molecular flexibility index (Phi) is 16.4. The second-order valence-corrected chi connectivity index (χ2v) is 5.45. The van der Waals surface area contributed by atoms with E-state index in [1.54, 1.807) is 0 Å². The molecule has 2 unspecified atom stereocenters. The van der Waals surface area contributed by atoms with Gasteiger partial charge in [0.2, 0.25) is 0 Å². The van der Waals surface area contributed by atoms with Gasteiger partial charge in [-0.3, -0.25) is 4.90 Å². The Balaban J connectivity index is 0. The maximum Gasteiger partial charge on any atom is 4.00 e. The summed E-state index contributed by atoms with van der Waals surface area (Å²) in [6.45, 7) is 1.57. The molecule has 0 bridgehead atoms. The van der Waals surface area contributed by atoms with Gasteiger partial charge in [-0.05, 0) is 5.56 Å². The summed E-state index contributed by atoms with van der Waals surface area (Å²) in [5.41, 5.74) is 13.7. The minimum atomic E-state index is -1.00. The van der Waals surface area contributed by atoms with Crippen LogP contribution in [0.15, 0.2) is 30.3 Å². The molecule has 2 atom stereocenters. The summed E-state index contributed by atoms with van der Waals surface area (Å²) in [4.78, 5) is 21.1. The average Bonchev–Trinajstić information content (AvgIpc) is 2.54. The number of aliphatic hydroxyl groups excluding tert-OH is 2. The molecule has 9 nitrogen and oxygen atoms in total. The maximum atomic E-state index is 9.60. The Bertz CT molecular complexity index is 482. The fourth-order valence-electron chi connectivity index (χ4n) is 1.93. The summed E-state index contributed by atoms with van der Waals surface area (Å²) in [5, 5.41) is 31.4. The first-order valence-electron chi connectivity index (χ1n) is 7.74. The molecule has 0 radical (unpaired) electrons. The van der Waals surface area contributed by atoms with Crippen molar-refractivity contribution in [3.05, 3.63) is 41.6 Å². The van der Waals surface area contributed by atoms with Crippen molar-refractivity contribution in [1.82, 2.24) is 4.90 Å². The predicted octanol–water partition coefficient (Wildman–Crippen LogP) is -1.90. The van der Waals surface area contributed by atoms with E-state index in [1.165, 1.54) is 0 Å². The number of rotatable bonds is 10. The van der Waals surface area contributed by atoms with Crippen LogP contribution in [-0.2, 0) is 37.2 Å². The van der Waals surface area contributed by atoms with Gasteiger partial charge in [0.15, 0.2) is 0 Å². The Morgan fingerprint density at radius 2 is 1.58 bits per heavy atom. The number of nitrogens with two attached hydrogens (primary N) is 1. The van der Waals surface area contributed by atoms with E-state index in [2.05, 4.69) is 0 Å². The van der Waals surface area contributed by atoms with E-state index in [4.69, 9.17) is 21.7 Å². The molecule has 0 aliphatic carbocycles. The molecule has 0 fully saturated rings. The first-order chi connectivity index (χ1) is 11.8. The van der Waals surface area contributed by atoms with E-state index in [0.717, 1.165) is 5.56 Å². The Labute approximate surface area is 166 Å². The average molecular weight is 553 g/mol. The van der Waals surface area contributed by atoms with Crippen LogP contribution in [0, 0.1) is 0 Å². The van der Waals surface area contributed by atoms with Crippen molar-refractivity contribution in [1.29, 1.82) is 0 Å². The Hall–Kier alpha value is -1.35. The summed E-state index contributed by atoms with van der Waals surface area (Å²) in [7, 11) is 0. The zero-order valence-electron chi connectivity index (χ0n) is 14.3. The molecule has 0 aliphatic heterocycles. The monoisotopic (exact) mass is 553 g/mol. The van der Waals surface area contributed by atoms with Gasteiger partial charge in [-0.2, -0.15) is 0 Å². The number of benzene rings is 1. The fraction of sp³-hybridized carbons (Fsp3) is 0.500. The van der Waals surface area contributed by atoms with Crippen LogP contribution in [-0.4, -0.2) is 75.7 Å². The van der Waals surface area contributed by atoms with Crippen molar-refractivity contribution < 1.29 is 51.1 Å². The smallest absolute Gasteiger partial charge is 0.675 e. The molecule has 0 amide bonds. The van der Waals surface area contributed by atoms with Gasteiger partial charge in [0.05, 0.1) is 6.10 Å². The van der Waals surface area contributed by atoms with E-state index in [1.807, 2.05) is 35.2 Å². The van der Waals surface area contributed by atoms with Crippen LogP contribution in [0.25, 0.3) is 5.73 Å². The van der Waals surface area contributed by atoms with Crippen molar-refractivity contribution in [2.24, 2.45) is 5.73 Å². The van der Waals surface area contributed by atoms with Crippen molar-refractivity contribution in [2.45, 2.75) is 25.2 Å². The molecule has 0 aromatic heterocycles. The third-order valence-electron chi connectivity index (χ3n) is 3.02. The number of hydrogen-bond acceptors (Lipinski definition) is 6. The number of aliphatic hydroxyl groups is 2. The summed E-state index contributed by atoms with van der Waals surface area (Å²) < 4.78 is 0. The second kappa shape index (κ2) is 15.9. The van der Waals surface area contributed by atoms with E-state index in [-0.39, 0.29) is 34.2 Å². The van der Waals surface area contributed by atoms with Crippen LogP contribution in [0.4, 0.5) is 0 Å². The van der Waals surface area contributed by atoms with Gasteiger partial charge in [0, 0.05) is 41.9 Å². The van der Waals surface area contributed by atoms with Gasteiger partial charge < -0.3 is 31.9 Å². The third-order valence-corrected chi connectivity index (χ3v) is 3.02. The Morgan fingerprint density at radius 1 is 1.08 bits per heavy atom. The fourth-order valence-corrected chi connectivity index (χ4v) is 1.93. The number of nitrogens with one attached hydrogen (secondary N) is 1. The largest absolute Gasteiger partial charge is 4.00 e. The summed E-state index contributed by atoms with van der Waals surface area (Å²) in [6.07, 6.45) is -1.88. The topological polar surface area (TPSA) is 173 Å². The molecule has 1 rings (SSSR count). The molecule has 148 valence electrons. The van der Waals surface area contributed by atoms with E-state index < -0.39 is 30.6 Å². The predicted molar refractivity (Wildman–Crippen MR) is 93.8 cm³/mol. The molecule has 9 N–H and O–H groups in total. The van der Waals surface area contributed by atoms with Crippen LogP contribution in [0.5, 0.6) is 0 Å². The van der Waals surface area contributed by atoms with Gasteiger partial charge in [-0.25, -0.2) is 0 Å². The number of nitrogens with zero attached hydrogens (tertiary/aromatic N) is 1. The zero-order chi connectivity index (χ0) is 19.2. The summed E-state index contributed by atoms with van der Waals surface area (Å²) in [5.74, 6) is -2.00. The minimum Gasteiger partial charge on any atom is -0.675 e. The third kappa shape index (κ3) is 14.9. The number of carbonyl (C=O) groups excluding carboxylic acids is 2. The minimum absolute atomic E-state index is 0. The molecule has 0 spiro atoms. The van der Waals surface area contributed by atoms with Gasteiger partial charge >= 0.3 is 33.0 Å². The van der Waals surface area contributed by atoms with E-state index >= 15 is 0 Å². The number of carbonyl (C=O) groups is 2. The molecule has 0 heterocycles. The molecule has 0 saturated carbocycles. The Morgan fingerprint density at radius 3 is 1.96 bits per heavy atom. The van der Waals surface area contributed by atoms with E-state index in [0.29, 0.717) is 19.6 Å². The molecule has 1 aromatic carbocycles. The second-order valence-electron chi connectivity index (χ2n) is 5.45. The molecular weight excluding hydrogens is 525 g/mol. The molecule has 0 saturated heterocycles. The van der Waals surface area contributed by atoms with Crippen LogP contribution < -0.4 is 5.73 Å². The van der Waals surface area contributed by atoms with Crippen LogP contribution in [0.3, 0.4) is 0 Å². The first-order valence-corrected chi connectivity index (χ1v) is 7.74. The normalized spacial score (nSPS) is 12.3. The molecule has 26 heavy (non-hydrogen) atoms.